The standard InChI is InChI=1S/C11H14O2/c1-8(12)10-5-4-9-3-2-6-13-11(9)7-10/h4-5,7-8,12H,2-3,6H2,1H3. The number of aryl methyl sites for hydroxylation is 1. The molecule has 1 atom stereocenters. The van der Waals surface area contributed by atoms with Gasteiger partial charge in [-0.15, -0.1) is 0 Å². The number of rotatable bonds is 1. The van der Waals surface area contributed by atoms with Crippen LogP contribution in [0.15, 0.2) is 18.2 Å². The van der Waals surface area contributed by atoms with Crippen molar-refractivity contribution >= 4 is 0 Å². The molecule has 1 aromatic carbocycles. The van der Waals surface area contributed by atoms with Crippen molar-refractivity contribution in [1.82, 2.24) is 0 Å². The van der Waals surface area contributed by atoms with Crippen LogP contribution in [0.3, 0.4) is 0 Å². The van der Waals surface area contributed by atoms with Crippen molar-refractivity contribution in [2.24, 2.45) is 0 Å². The minimum Gasteiger partial charge on any atom is -0.493 e. The summed E-state index contributed by atoms with van der Waals surface area (Å²) in [5, 5.41) is 9.37. The van der Waals surface area contributed by atoms with E-state index in [9.17, 15) is 5.11 Å². The first-order valence-electron chi connectivity index (χ1n) is 4.71. The summed E-state index contributed by atoms with van der Waals surface area (Å²) in [5.74, 6) is 0.949. The van der Waals surface area contributed by atoms with Crippen molar-refractivity contribution in [3.05, 3.63) is 29.3 Å². The Labute approximate surface area is 78.2 Å². The molecular weight excluding hydrogens is 164 g/mol. The van der Waals surface area contributed by atoms with Crippen LogP contribution in [-0.4, -0.2) is 11.7 Å². The van der Waals surface area contributed by atoms with Gasteiger partial charge in [0.05, 0.1) is 12.7 Å². The molecule has 0 saturated carbocycles. The van der Waals surface area contributed by atoms with E-state index >= 15 is 0 Å². The van der Waals surface area contributed by atoms with Gasteiger partial charge in [-0.05, 0) is 37.0 Å². The predicted octanol–water partition coefficient (Wildman–Crippen LogP) is 2.06. The van der Waals surface area contributed by atoms with Gasteiger partial charge >= 0.3 is 0 Å². The van der Waals surface area contributed by atoms with Gasteiger partial charge < -0.3 is 9.84 Å². The molecule has 1 aromatic rings. The average molecular weight is 178 g/mol. The third kappa shape index (κ3) is 1.68. The van der Waals surface area contributed by atoms with E-state index in [0.717, 1.165) is 30.8 Å². The van der Waals surface area contributed by atoms with E-state index in [4.69, 9.17) is 4.74 Å². The summed E-state index contributed by atoms with van der Waals surface area (Å²) in [6.45, 7) is 2.57. The lowest BCUT2D eigenvalue weighted by atomic mass is 10.0. The lowest BCUT2D eigenvalue weighted by Gasteiger charge is -2.18. The van der Waals surface area contributed by atoms with E-state index in [-0.39, 0.29) is 0 Å². The van der Waals surface area contributed by atoms with Crippen molar-refractivity contribution in [2.75, 3.05) is 6.61 Å². The Morgan fingerprint density at radius 3 is 3.08 bits per heavy atom. The number of aliphatic hydroxyl groups excluding tert-OH is 1. The van der Waals surface area contributed by atoms with Crippen LogP contribution in [0.1, 0.15) is 30.6 Å². The summed E-state index contributed by atoms with van der Waals surface area (Å²) in [6.07, 6.45) is 1.78. The molecule has 1 unspecified atom stereocenters. The number of benzene rings is 1. The topological polar surface area (TPSA) is 29.5 Å². The Hall–Kier alpha value is -1.02. The van der Waals surface area contributed by atoms with Gasteiger partial charge in [0.1, 0.15) is 5.75 Å². The second-order valence-corrected chi connectivity index (χ2v) is 3.50. The zero-order valence-corrected chi connectivity index (χ0v) is 7.79. The first kappa shape index (κ1) is 8.57. The monoisotopic (exact) mass is 178 g/mol. The molecule has 1 heterocycles. The zero-order valence-electron chi connectivity index (χ0n) is 7.79. The molecule has 0 aromatic heterocycles. The number of aliphatic hydroxyl groups is 1. The van der Waals surface area contributed by atoms with E-state index in [2.05, 4.69) is 6.07 Å². The summed E-state index contributed by atoms with van der Waals surface area (Å²) in [4.78, 5) is 0. The van der Waals surface area contributed by atoms with Gasteiger partial charge in [0.25, 0.3) is 0 Å². The quantitative estimate of drug-likeness (QED) is 0.713. The predicted molar refractivity (Wildman–Crippen MR) is 50.9 cm³/mol. The van der Waals surface area contributed by atoms with Crippen LogP contribution in [0.4, 0.5) is 0 Å². The molecule has 2 heteroatoms. The minimum atomic E-state index is -0.407. The highest BCUT2D eigenvalue weighted by atomic mass is 16.5. The molecule has 1 aliphatic heterocycles. The van der Waals surface area contributed by atoms with E-state index in [1.54, 1.807) is 6.92 Å². The van der Waals surface area contributed by atoms with Gasteiger partial charge in [0.15, 0.2) is 0 Å². The molecule has 70 valence electrons. The lowest BCUT2D eigenvalue weighted by Crippen LogP contribution is -2.08. The Morgan fingerprint density at radius 2 is 2.31 bits per heavy atom. The Bertz CT molecular complexity index is 305. The molecule has 0 amide bonds. The van der Waals surface area contributed by atoms with Gasteiger partial charge in [-0.25, -0.2) is 0 Å². The Kier molecular flexibility index (Phi) is 2.23. The van der Waals surface area contributed by atoms with Gasteiger partial charge in [0, 0.05) is 0 Å². The molecule has 0 radical (unpaired) electrons. The van der Waals surface area contributed by atoms with Crippen molar-refractivity contribution in [3.8, 4) is 5.75 Å². The maximum absolute atomic E-state index is 9.37. The van der Waals surface area contributed by atoms with Crippen LogP contribution in [-0.2, 0) is 6.42 Å². The van der Waals surface area contributed by atoms with E-state index in [1.807, 2.05) is 12.1 Å². The molecule has 0 saturated heterocycles. The summed E-state index contributed by atoms with van der Waals surface area (Å²) < 4.78 is 5.50. The van der Waals surface area contributed by atoms with Crippen LogP contribution in [0, 0.1) is 0 Å². The molecule has 2 nitrogen and oxygen atoms in total. The van der Waals surface area contributed by atoms with Crippen LogP contribution < -0.4 is 4.74 Å². The number of fused-ring (bicyclic) bond motifs is 1. The highest BCUT2D eigenvalue weighted by Crippen LogP contribution is 2.27. The molecule has 0 fully saturated rings. The first-order chi connectivity index (χ1) is 6.27. The van der Waals surface area contributed by atoms with Crippen LogP contribution in [0.5, 0.6) is 5.75 Å². The minimum absolute atomic E-state index is 0.407. The zero-order chi connectivity index (χ0) is 9.26. The van der Waals surface area contributed by atoms with Gasteiger partial charge in [0.2, 0.25) is 0 Å². The summed E-state index contributed by atoms with van der Waals surface area (Å²) >= 11 is 0. The molecule has 2 rings (SSSR count). The molecule has 0 aliphatic carbocycles. The van der Waals surface area contributed by atoms with Gasteiger partial charge in [-0.2, -0.15) is 0 Å². The average Bonchev–Trinajstić information content (AvgIpc) is 2.17. The molecule has 1 N–H and O–H groups in total. The van der Waals surface area contributed by atoms with E-state index < -0.39 is 6.10 Å². The SMILES string of the molecule is CC(O)c1ccc2c(c1)OCCC2. The normalized spacial score (nSPS) is 17.4. The molecular formula is C11H14O2. The molecule has 1 aliphatic rings. The van der Waals surface area contributed by atoms with Crippen LogP contribution >= 0.6 is 0 Å². The second kappa shape index (κ2) is 3.38. The Balaban J connectivity index is 2.35. The fourth-order valence-corrected chi connectivity index (χ4v) is 1.62. The third-order valence-corrected chi connectivity index (χ3v) is 2.42. The fraction of sp³-hybridized carbons (Fsp3) is 0.455. The number of hydrogen-bond donors (Lipinski definition) is 1. The summed E-state index contributed by atoms with van der Waals surface area (Å²) in [6, 6.07) is 5.97. The van der Waals surface area contributed by atoms with Crippen LogP contribution in [0.2, 0.25) is 0 Å². The largest absolute Gasteiger partial charge is 0.493 e. The fourth-order valence-electron chi connectivity index (χ4n) is 1.62. The maximum atomic E-state index is 9.37. The van der Waals surface area contributed by atoms with Crippen molar-refractivity contribution in [2.45, 2.75) is 25.9 Å². The van der Waals surface area contributed by atoms with Crippen LogP contribution in [0.25, 0.3) is 0 Å². The van der Waals surface area contributed by atoms with E-state index in [0.29, 0.717) is 0 Å². The lowest BCUT2D eigenvalue weighted by molar-refractivity contribution is 0.198. The number of ether oxygens (including phenoxy) is 1. The third-order valence-electron chi connectivity index (χ3n) is 2.42. The van der Waals surface area contributed by atoms with Crippen molar-refractivity contribution in [3.63, 3.8) is 0 Å². The summed E-state index contributed by atoms with van der Waals surface area (Å²) in [5.41, 5.74) is 2.19. The summed E-state index contributed by atoms with van der Waals surface area (Å²) in [7, 11) is 0. The maximum Gasteiger partial charge on any atom is 0.122 e. The second-order valence-electron chi connectivity index (χ2n) is 3.50. The Morgan fingerprint density at radius 1 is 1.46 bits per heavy atom. The van der Waals surface area contributed by atoms with Crippen molar-refractivity contribution < 1.29 is 9.84 Å². The molecule has 0 bridgehead atoms. The first-order valence-corrected chi connectivity index (χ1v) is 4.71. The number of hydrogen-bond acceptors (Lipinski definition) is 2. The van der Waals surface area contributed by atoms with E-state index in [1.165, 1.54) is 5.56 Å². The highest BCUT2D eigenvalue weighted by Gasteiger charge is 2.11. The smallest absolute Gasteiger partial charge is 0.122 e. The van der Waals surface area contributed by atoms with Gasteiger partial charge in [-0.1, -0.05) is 12.1 Å². The molecule has 13 heavy (non-hydrogen) atoms. The van der Waals surface area contributed by atoms with Crippen molar-refractivity contribution in [1.29, 1.82) is 0 Å². The van der Waals surface area contributed by atoms with Gasteiger partial charge in [-0.3, -0.25) is 0 Å². The highest BCUT2D eigenvalue weighted by molar-refractivity contribution is 5.39. The molecule has 0 spiro atoms.